The highest BCUT2D eigenvalue weighted by Crippen LogP contribution is 2.28. The van der Waals surface area contributed by atoms with Crippen molar-refractivity contribution < 1.29 is 0 Å². The van der Waals surface area contributed by atoms with Gasteiger partial charge in [0.15, 0.2) is 0 Å². The lowest BCUT2D eigenvalue weighted by Gasteiger charge is -2.03. The first-order valence-electron chi connectivity index (χ1n) is 4.05. The van der Waals surface area contributed by atoms with Crippen molar-refractivity contribution in [3.05, 3.63) is 51.5 Å². The quantitative estimate of drug-likeness (QED) is 0.773. The molecule has 0 spiro atoms. The van der Waals surface area contributed by atoms with Gasteiger partial charge in [-0.15, -0.1) is 0 Å². The molecule has 0 saturated heterocycles. The number of aromatic nitrogens is 1. The van der Waals surface area contributed by atoms with Gasteiger partial charge in [0.1, 0.15) is 0 Å². The van der Waals surface area contributed by atoms with Crippen LogP contribution >= 0.6 is 31.9 Å². The predicted octanol–water partition coefficient (Wildman–Crippen LogP) is 4.07. The van der Waals surface area contributed by atoms with Crippen molar-refractivity contribution in [2.24, 2.45) is 0 Å². The average molecular weight is 312 g/mol. The lowest BCUT2D eigenvalue weighted by atomic mass is 10.1. The van der Waals surface area contributed by atoms with Crippen LogP contribution in [0.5, 0.6) is 0 Å². The molecule has 1 aromatic carbocycles. The summed E-state index contributed by atoms with van der Waals surface area (Å²) in [4.78, 5) is 4.26. The van der Waals surface area contributed by atoms with Gasteiger partial charge in [-0.25, -0.2) is 0 Å². The fourth-order valence-corrected chi connectivity index (χ4v) is 2.42. The molecule has 0 atom stereocenters. The molecule has 14 heavy (non-hydrogen) atoms. The Labute approximate surface area is 99.4 Å². The van der Waals surface area contributed by atoms with Gasteiger partial charge in [-0.3, -0.25) is 4.98 Å². The molecule has 2 aromatic rings. The molecular formula is C11H6Br2N. The summed E-state index contributed by atoms with van der Waals surface area (Å²) in [5.41, 5.74) is 2.00. The highest BCUT2D eigenvalue weighted by Gasteiger charge is 2.03. The Morgan fingerprint density at radius 3 is 2.71 bits per heavy atom. The van der Waals surface area contributed by atoms with Crippen LogP contribution in [0.1, 0.15) is 0 Å². The van der Waals surface area contributed by atoms with Crippen LogP contribution in [0.25, 0.3) is 11.3 Å². The fraction of sp³-hybridized carbons (Fsp3) is 0. The second-order valence-corrected chi connectivity index (χ2v) is 4.54. The second kappa shape index (κ2) is 4.24. The lowest BCUT2D eigenvalue weighted by Crippen LogP contribution is -1.83. The van der Waals surface area contributed by atoms with Gasteiger partial charge in [-0.05, 0) is 30.3 Å². The molecule has 0 unspecified atom stereocenters. The monoisotopic (exact) mass is 310 g/mol. The Balaban J connectivity index is 2.53. The largest absolute Gasteiger partial charge is 0.256 e. The number of nitrogens with zero attached hydrogens (tertiary/aromatic N) is 1. The maximum absolute atomic E-state index is 4.26. The highest BCUT2D eigenvalue weighted by atomic mass is 79.9. The van der Waals surface area contributed by atoms with E-state index in [9.17, 15) is 0 Å². The van der Waals surface area contributed by atoms with E-state index >= 15 is 0 Å². The summed E-state index contributed by atoms with van der Waals surface area (Å²) in [6.07, 6.45) is 1.74. The predicted molar refractivity (Wildman–Crippen MR) is 63.9 cm³/mol. The van der Waals surface area contributed by atoms with E-state index < -0.39 is 0 Å². The van der Waals surface area contributed by atoms with Crippen LogP contribution in [0, 0.1) is 6.07 Å². The van der Waals surface area contributed by atoms with Gasteiger partial charge in [0, 0.05) is 20.7 Å². The minimum atomic E-state index is 0.923. The molecule has 69 valence electrons. The lowest BCUT2D eigenvalue weighted by molar-refractivity contribution is 1.32. The minimum absolute atomic E-state index is 0.923. The zero-order valence-corrected chi connectivity index (χ0v) is 10.3. The standard InChI is InChI=1S/C11H6Br2N/c12-8-4-5-9(10(13)7-8)11-3-1-2-6-14-11/h2-7H. The van der Waals surface area contributed by atoms with Gasteiger partial charge in [0.25, 0.3) is 0 Å². The zero-order chi connectivity index (χ0) is 9.97. The van der Waals surface area contributed by atoms with Gasteiger partial charge in [0.05, 0.1) is 5.69 Å². The molecule has 1 nitrogen and oxygen atoms in total. The molecule has 0 fully saturated rings. The summed E-state index contributed by atoms with van der Waals surface area (Å²) >= 11 is 6.91. The van der Waals surface area contributed by atoms with E-state index in [-0.39, 0.29) is 0 Å². The fourth-order valence-electron chi connectivity index (χ4n) is 1.17. The smallest absolute Gasteiger partial charge is 0.0719 e. The first-order chi connectivity index (χ1) is 6.77. The van der Waals surface area contributed by atoms with Crippen molar-refractivity contribution in [1.82, 2.24) is 4.98 Å². The van der Waals surface area contributed by atoms with Crippen LogP contribution in [0.3, 0.4) is 0 Å². The Morgan fingerprint density at radius 2 is 2.07 bits per heavy atom. The van der Waals surface area contributed by atoms with Crippen LogP contribution in [0.4, 0.5) is 0 Å². The molecule has 0 bridgehead atoms. The Kier molecular flexibility index (Phi) is 2.99. The zero-order valence-electron chi connectivity index (χ0n) is 7.17. The minimum Gasteiger partial charge on any atom is -0.256 e. The molecule has 0 aliphatic heterocycles. The summed E-state index contributed by atoms with van der Waals surface area (Å²) in [5.74, 6) is 0. The van der Waals surface area contributed by atoms with Crippen LogP contribution in [-0.4, -0.2) is 4.98 Å². The van der Waals surface area contributed by atoms with E-state index in [0.717, 1.165) is 20.2 Å². The number of halogens is 2. The summed E-state index contributed by atoms with van der Waals surface area (Å²) < 4.78 is 2.08. The molecule has 0 aliphatic carbocycles. The van der Waals surface area contributed by atoms with Gasteiger partial charge in [-0.2, -0.15) is 0 Å². The van der Waals surface area contributed by atoms with Gasteiger partial charge >= 0.3 is 0 Å². The third-order valence-corrected chi connectivity index (χ3v) is 2.96. The van der Waals surface area contributed by atoms with E-state index in [4.69, 9.17) is 0 Å². The number of benzene rings is 1. The third-order valence-electron chi connectivity index (χ3n) is 1.81. The molecule has 2 rings (SSSR count). The Bertz CT molecular complexity index is 440. The topological polar surface area (TPSA) is 12.9 Å². The van der Waals surface area contributed by atoms with Crippen LogP contribution in [0.15, 0.2) is 45.5 Å². The average Bonchev–Trinajstić information content (AvgIpc) is 2.19. The van der Waals surface area contributed by atoms with Crippen molar-refractivity contribution in [3.63, 3.8) is 0 Å². The van der Waals surface area contributed by atoms with Gasteiger partial charge in [-0.1, -0.05) is 37.9 Å². The summed E-state index contributed by atoms with van der Waals surface area (Å²) in [6, 6.07) is 12.7. The van der Waals surface area contributed by atoms with Crippen LogP contribution in [-0.2, 0) is 0 Å². The Morgan fingerprint density at radius 1 is 1.21 bits per heavy atom. The molecule has 1 heterocycles. The third kappa shape index (κ3) is 2.04. The SMILES string of the molecule is Brc1ccc(-c2c[c]ccn2)c(Br)c1. The first kappa shape index (κ1) is 9.87. The van der Waals surface area contributed by atoms with E-state index in [2.05, 4.69) is 42.9 Å². The summed E-state index contributed by atoms with van der Waals surface area (Å²) in [7, 11) is 0. The maximum atomic E-state index is 4.26. The molecule has 0 N–H and O–H groups in total. The van der Waals surface area contributed by atoms with E-state index in [1.165, 1.54) is 0 Å². The molecule has 3 heteroatoms. The van der Waals surface area contributed by atoms with Gasteiger partial charge in [0.2, 0.25) is 0 Å². The van der Waals surface area contributed by atoms with Crippen LogP contribution in [0.2, 0.25) is 0 Å². The molecule has 1 radical (unpaired) electrons. The number of pyridine rings is 1. The van der Waals surface area contributed by atoms with E-state index in [1.807, 2.05) is 24.3 Å². The summed E-state index contributed by atoms with van der Waals surface area (Å²) in [5, 5.41) is 0. The first-order valence-corrected chi connectivity index (χ1v) is 5.63. The normalized spacial score (nSPS) is 10.1. The molecule has 1 aromatic heterocycles. The van der Waals surface area contributed by atoms with Crippen molar-refractivity contribution in [3.8, 4) is 11.3 Å². The molecular weight excluding hydrogens is 306 g/mol. The molecule has 0 saturated carbocycles. The second-order valence-electron chi connectivity index (χ2n) is 2.77. The highest BCUT2D eigenvalue weighted by molar-refractivity contribution is 9.11. The Hall–Kier alpha value is -0.670. The van der Waals surface area contributed by atoms with E-state index in [1.54, 1.807) is 12.3 Å². The summed E-state index contributed by atoms with van der Waals surface area (Å²) in [6.45, 7) is 0. The van der Waals surface area contributed by atoms with Crippen LogP contribution < -0.4 is 0 Å². The van der Waals surface area contributed by atoms with Crippen molar-refractivity contribution in [1.29, 1.82) is 0 Å². The van der Waals surface area contributed by atoms with Crippen molar-refractivity contribution >= 4 is 31.9 Å². The van der Waals surface area contributed by atoms with E-state index in [0.29, 0.717) is 0 Å². The number of hydrogen-bond acceptors (Lipinski definition) is 1. The molecule has 0 aliphatic rings. The van der Waals surface area contributed by atoms with Gasteiger partial charge < -0.3 is 0 Å². The number of rotatable bonds is 1. The maximum Gasteiger partial charge on any atom is 0.0719 e. The van der Waals surface area contributed by atoms with Crippen molar-refractivity contribution in [2.75, 3.05) is 0 Å². The number of hydrogen-bond donors (Lipinski definition) is 0. The molecule has 0 amide bonds. The van der Waals surface area contributed by atoms with Crippen molar-refractivity contribution in [2.45, 2.75) is 0 Å².